The average molecular weight is 306 g/mol. The molecule has 0 aliphatic carbocycles. The van der Waals surface area contributed by atoms with Gasteiger partial charge in [-0.1, -0.05) is 30.4 Å². The van der Waals surface area contributed by atoms with Crippen molar-refractivity contribution in [2.24, 2.45) is 5.73 Å². The zero-order valence-corrected chi connectivity index (χ0v) is 12.5. The molecule has 0 atom stereocenters. The third-order valence-electron chi connectivity index (χ3n) is 2.80. The molecule has 0 aliphatic heterocycles. The van der Waals surface area contributed by atoms with E-state index in [0.717, 1.165) is 0 Å². The highest BCUT2D eigenvalue weighted by Crippen LogP contribution is 2.19. The van der Waals surface area contributed by atoms with Crippen molar-refractivity contribution in [3.05, 3.63) is 59.7 Å². The van der Waals surface area contributed by atoms with E-state index < -0.39 is 10.0 Å². The van der Waals surface area contributed by atoms with E-state index in [-0.39, 0.29) is 9.88 Å². The summed E-state index contributed by atoms with van der Waals surface area (Å²) in [6.45, 7) is 1.75. The maximum absolute atomic E-state index is 12.3. The van der Waals surface area contributed by atoms with Crippen molar-refractivity contribution < 1.29 is 8.42 Å². The molecule has 2 rings (SSSR count). The monoisotopic (exact) mass is 306 g/mol. The molecule has 0 heterocycles. The van der Waals surface area contributed by atoms with Crippen molar-refractivity contribution in [1.29, 1.82) is 0 Å². The van der Waals surface area contributed by atoms with Gasteiger partial charge in [0.05, 0.1) is 4.90 Å². The van der Waals surface area contributed by atoms with E-state index in [1.165, 1.54) is 0 Å². The second-order valence-electron chi connectivity index (χ2n) is 4.31. The molecule has 2 aromatic rings. The van der Waals surface area contributed by atoms with Crippen LogP contribution in [0.25, 0.3) is 0 Å². The van der Waals surface area contributed by atoms with E-state index in [4.69, 9.17) is 18.0 Å². The molecular formula is C14H14N2O2S2. The summed E-state index contributed by atoms with van der Waals surface area (Å²) in [5.41, 5.74) is 7.35. The van der Waals surface area contributed by atoms with Gasteiger partial charge in [-0.25, -0.2) is 8.42 Å². The molecule has 104 valence electrons. The van der Waals surface area contributed by atoms with Gasteiger partial charge in [0, 0.05) is 11.3 Å². The molecule has 20 heavy (non-hydrogen) atoms. The first-order chi connectivity index (χ1) is 9.40. The van der Waals surface area contributed by atoms with Crippen LogP contribution in [0.5, 0.6) is 0 Å². The van der Waals surface area contributed by atoms with Crippen molar-refractivity contribution in [3.63, 3.8) is 0 Å². The molecule has 4 nitrogen and oxygen atoms in total. The summed E-state index contributed by atoms with van der Waals surface area (Å²) in [6, 6.07) is 13.4. The second-order valence-corrected chi connectivity index (χ2v) is 6.40. The van der Waals surface area contributed by atoms with Crippen LogP contribution in [0, 0.1) is 6.92 Å². The van der Waals surface area contributed by atoms with Crippen LogP contribution in [-0.2, 0) is 10.0 Å². The van der Waals surface area contributed by atoms with Crippen LogP contribution in [0.2, 0.25) is 0 Å². The molecule has 0 amide bonds. The quantitative estimate of drug-likeness (QED) is 0.851. The Bertz CT molecular complexity index is 738. The number of rotatable bonds is 4. The Kier molecular flexibility index (Phi) is 4.06. The minimum absolute atomic E-state index is 0.262. The van der Waals surface area contributed by atoms with Crippen molar-refractivity contribution in [3.8, 4) is 0 Å². The molecule has 0 saturated heterocycles. The SMILES string of the molecule is Cc1ccccc1S(=O)(=O)Nc1ccc(C(N)=S)cc1. The standard InChI is InChI=1S/C14H14N2O2S2/c1-10-4-2-3-5-13(10)20(17,18)16-12-8-6-11(7-9-12)14(15)19/h2-9,16H,1H3,(H2,15,19). The van der Waals surface area contributed by atoms with E-state index >= 15 is 0 Å². The number of anilines is 1. The zero-order valence-electron chi connectivity index (χ0n) is 10.8. The molecule has 2 aromatic carbocycles. The van der Waals surface area contributed by atoms with Crippen LogP contribution in [-0.4, -0.2) is 13.4 Å². The number of sulfonamides is 1. The van der Waals surface area contributed by atoms with E-state index in [1.54, 1.807) is 55.5 Å². The Morgan fingerprint density at radius 3 is 2.25 bits per heavy atom. The van der Waals surface area contributed by atoms with Gasteiger partial charge in [-0.05, 0) is 42.8 Å². The van der Waals surface area contributed by atoms with E-state index in [0.29, 0.717) is 16.8 Å². The predicted octanol–water partition coefficient (Wildman–Crippen LogP) is 2.43. The van der Waals surface area contributed by atoms with Gasteiger partial charge >= 0.3 is 0 Å². The molecule has 0 bridgehead atoms. The lowest BCUT2D eigenvalue weighted by atomic mass is 10.2. The highest BCUT2D eigenvalue weighted by Gasteiger charge is 2.16. The van der Waals surface area contributed by atoms with Gasteiger partial charge in [-0.15, -0.1) is 0 Å². The van der Waals surface area contributed by atoms with Crippen LogP contribution in [0.4, 0.5) is 5.69 Å². The Hall–Kier alpha value is -1.92. The van der Waals surface area contributed by atoms with Crippen LogP contribution in [0.15, 0.2) is 53.4 Å². The molecule has 0 radical (unpaired) electrons. The predicted molar refractivity (Wildman–Crippen MR) is 84.3 cm³/mol. The fraction of sp³-hybridized carbons (Fsp3) is 0.0714. The maximum atomic E-state index is 12.3. The third-order valence-corrected chi connectivity index (χ3v) is 4.58. The summed E-state index contributed by atoms with van der Waals surface area (Å²) in [6.07, 6.45) is 0. The Balaban J connectivity index is 2.29. The molecule has 3 N–H and O–H groups in total. The number of thiocarbonyl (C=S) groups is 1. The van der Waals surface area contributed by atoms with Crippen LogP contribution >= 0.6 is 12.2 Å². The lowest BCUT2D eigenvalue weighted by molar-refractivity contribution is 0.600. The first-order valence-corrected chi connectivity index (χ1v) is 7.77. The van der Waals surface area contributed by atoms with E-state index in [2.05, 4.69) is 4.72 Å². The van der Waals surface area contributed by atoms with Gasteiger partial charge in [0.15, 0.2) is 0 Å². The topological polar surface area (TPSA) is 72.2 Å². The Morgan fingerprint density at radius 2 is 1.70 bits per heavy atom. The molecular weight excluding hydrogens is 292 g/mol. The van der Waals surface area contributed by atoms with Crippen molar-refractivity contribution in [2.45, 2.75) is 11.8 Å². The minimum Gasteiger partial charge on any atom is -0.389 e. The van der Waals surface area contributed by atoms with Gasteiger partial charge in [0.2, 0.25) is 0 Å². The maximum Gasteiger partial charge on any atom is 0.262 e. The fourth-order valence-electron chi connectivity index (χ4n) is 1.77. The lowest BCUT2D eigenvalue weighted by Crippen LogP contribution is -2.14. The number of nitrogens with two attached hydrogens (primary N) is 1. The van der Waals surface area contributed by atoms with Gasteiger partial charge in [0.1, 0.15) is 4.99 Å². The van der Waals surface area contributed by atoms with Gasteiger partial charge in [-0.3, -0.25) is 4.72 Å². The summed E-state index contributed by atoms with van der Waals surface area (Å²) >= 11 is 4.85. The van der Waals surface area contributed by atoms with Gasteiger partial charge in [0.25, 0.3) is 10.0 Å². The first-order valence-electron chi connectivity index (χ1n) is 5.88. The Morgan fingerprint density at radius 1 is 1.10 bits per heavy atom. The Labute approximate surface area is 123 Å². The molecule has 0 saturated carbocycles. The molecule has 0 fully saturated rings. The van der Waals surface area contributed by atoms with E-state index in [1.807, 2.05) is 0 Å². The van der Waals surface area contributed by atoms with Crippen LogP contribution < -0.4 is 10.5 Å². The van der Waals surface area contributed by atoms with Crippen molar-refractivity contribution in [2.75, 3.05) is 4.72 Å². The summed E-state index contributed by atoms with van der Waals surface area (Å²) in [4.78, 5) is 0.539. The largest absolute Gasteiger partial charge is 0.389 e. The molecule has 0 unspecified atom stereocenters. The first kappa shape index (κ1) is 14.5. The van der Waals surface area contributed by atoms with Crippen LogP contribution in [0.1, 0.15) is 11.1 Å². The summed E-state index contributed by atoms with van der Waals surface area (Å²) < 4.78 is 27.1. The number of benzene rings is 2. The van der Waals surface area contributed by atoms with Crippen molar-refractivity contribution >= 4 is 32.9 Å². The van der Waals surface area contributed by atoms with Crippen molar-refractivity contribution in [1.82, 2.24) is 0 Å². The highest BCUT2D eigenvalue weighted by molar-refractivity contribution is 7.92. The molecule has 0 aliphatic rings. The number of hydrogen-bond donors (Lipinski definition) is 2. The zero-order chi connectivity index (χ0) is 14.8. The summed E-state index contributed by atoms with van der Waals surface area (Å²) in [7, 11) is -3.59. The lowest BCUT2D eigenvalue weighted by Gasteiger charge is -2.10. The second kappa shape index (κ2) is 5.60. The number of nitrogens with one attached hydrogen (secondary N) is 1. The van der Waals surface area contributed by atoms with E-state index in [9.17, 15) is 8.42 Å². The van der Waals surface area contributed by atoms with Gasteiger partial charge < -0.3 is 5.73 Å². The smallest absolute Gasteiger partial charge is 0.262 e. The summed E-state index contributed by atoms with van der Waals surface area (Å²) in [5, 5.41) is 0. The fourth-order valence-corrected chi connectivity index (χ4v) is 3.21. The molecule has 6 heteroatoms. The summed E-state index contributed by atoms with van der Waals surface area (Å²) in [5.74, 6) is 0. The van der Waals surface area contributed by atoms with Gasteiger partial charge in [-0.2, -0.15) is 0 Å². The highest BCUT2D eigenvalue weighted by atomic mass is 32.2. The number of aryl methyl sites for hydroxylation is 1. The molecule has 0 spiro atoms. The molecule has 0 aromatic heterocycles. The normalized spacial score (nSPS) is 11.1. The minimum atomic E-state index is -3.59. The average Bonchev–Trinajstić information content (AvgIpc) is 2.39. The number of hydrogen-bond acceptors (Lipinski definition) is 3. The van der Waals surface area contributed by atoms with Crippen LogP contribution in [0.3, 0.4) is 0 Å². The third kappa shape index (κ3) is 3.15.